The lowest BCUT2D eigenvalue weighted by Gasteiger charge is -2.23. The maximum absolute atomic E-state index is 12.2. The number of hydrogen-bond donors (Lipinski definition) is 1. The van der Waals surface area contributed by atoms with Gasteiger partial charge in [0.15, 0.2) is 5.13 Å². The first-order chi connectivity index (χ1) is 8.50. The van der Waals surface area contributed by atoms with Gasteiger partial charge in [-0.3, -0.25) is 4.79 Å². The number of carbonyl (C=O) groups excluding carboxylic acids is 1. The van der Waals surface area contributed by atoms with Crippen molar-refractivity contribution >= 4 is 34.0 Å². The topological polar surface area (TPSA) is 42.0 Å². The summed E-state index contributed by atoms with van der Waals surface area (Å²) in [5.74, 6) is -0.0835. The third kappa shape index (κ3) is 2.71. The highest BCUT2D eigenvalue weighted by atomic mass is 35.5. The first kappa shape index (κ1) is 13.1. The van der Waals surface area contributed by atoms with Crippen LogP contribution in [0.5, 0.6) is 0 Å². The molecule has 5 heteroatoms. The Hall–Kier alpha value is -1.39. The highest BCUT2D eigenvalue weighted by molar-refractivity contribution is 7.13. The van der Waals surface area contributed by atoms with E-state index in [2.05, 4.69) is 10.3 Å². The van der Waals surface area contributed by atoms with Gasteiger partial charge in [-0.2, -0.15) is 0 Å². The molecule has 18 heavy (non-hydrogen) atoms. The molecule has 0 unspecified atom stereocenters. The Morgan fingerprint density at radius 2 is 2.00 bits per heavy atom. The van der Waals surface area contributed by atoms with E-state index in [0.29, 0.717) is 10.2 Å². The van der Waals surface area contributed by atoms with Crippen molar-refractivity contribution in [1.82, 2.24) is 4.98 Å². The van der Waals surface area contributed by atoms with Crippen LogP contribution in [0, 0.1) is 0 Å². The number of anilines is 1. The molecule has 0 fully saturated rings. The molecule has 0 aliphatic rings. The molecule has 0 radical (unpaired) electrons. The minimum Gasteiger partial charge on any atom is -0.301 e. The normalized spacial score (nSPS) is 11.3. The monoisotopic (exact) mass is 280 g/mol. The summed E-state index contributed by atoms with van der Waals surface area (Å²) in [7, 11) is 0. The van der Waals surface area contributed by atoms with E-state index in [1.54, 1.807) is 18.3 Å². The third-order valence-corrected chi connectivity index (χ3v) is 3.73. The van der Waals surface area contributed by atoms with E-state index in [9.17, 15) is 4.79 Å². The predicted molar refractivity (Wildman–Crippen MR) is 75.2 cm³/mol. The summed E-state index contributed by atoms with van der Waals surface area (Å²) in [6.07, 6.45) is 1.66. The highest BCUT2D eigenvalue weighted by Gasteiger charge is 2.30. The summed E-state index contributed by atoms with van der Waals surface area (Å²) in [6, 6.07) is 7.30. The van der Waals surface area contributed by atoms with Gasteiger partial charge in [-0.1, -0.05) is 23.7 Å². The van der Waals surface area contributed by atoms with Crippen molar-refractivity contribution in [1.29, 1.82) is 0 Å². The van der Waals surface area contributed by atoms with Gasteiger partial charge in [-0.25, -0.2) is 4.98 Å². The fourth-order valence-corrected chi connectivity index (χ4v) is 2.19. The third-order valence-electron chi connectivity index (χ3n) is 2.79. The summed E-state index contributed by atoms with van der Waals surface area (Å²) in [5, 5.41) is 5.91. The number of nitrogens with zero attached hydrogens (tertiary/aromatic N) is 1. The van der Waals surface area contributed by atoms with Crippen molar-refractivity contribution in [2.75, 3.05) is 5.32 Å². The van der Waals surface area contributed by atoms with Crippen molar-refractivity contribution < 1.29 is 4.79 Å². The number of nitrogens with one attached hydrogen (secondary N) is 1. The van der Waals surface area contributed by atoms with Crippen LogP contribution in [0.25, 0.3) is 0 Å². The van der Waals surface area contributed by atoms with Gasteiger partial charge < -0.3 is 5.32 Å². The predicted octanol–water partition coefficient (Wildman–Crippen LogP) is 3.71. The second kappa shape index (κ2) is 5.08. The fraction of sp³-hybridized carbons (Fsp3) is 0.231. The maximum atomic E-state index is 12.2. The molecule has 0 saturated heterocycles. The van der Waals surface area contributed by atoms with Crippen LogP contribution in [0.1, 0.15) is 19.4 Å². The molecule has 0 aliphatic heterocycles. The van der Waals surface area contributed by atoms with E-state index in [-0.39, 0.29) is 5.91 Å². The molecule has 94 valence electrons. The van der Waals surface area contributed by atoms with E-state index in [4.69, 9.17) is 11.6 Å². The van der Waals surface area contributed by atoms with Crippen LogP contribution in [-0.2, 0) is 10.2 Å². The molecule has 3 nitrogen and oxygen atoms in total. The minimum absolute atomic E-state index is 0.0835. The molecule has 0 atom stereocenters. The van der Waals surface area contributed by atoms with Crippen molar-refractivity contribution in [2.45, 2.75) is 19.3 Å². The summed E-state index contributed by atoms with van der Waals surface area (Å²) >= 11 is 7.25. The molecule has 2 rings (SSSR count). The SMILES string of the molecule is CC(C)(C(=O)Nc1nccs1)c1ccc(Cl)cc1. The Bertz CT molecular complexity index is 535. The Balaban J connectivity index is 2.19. The maximum Gasteiger partial charge on any atom is 0.236 e. The van der Waals surface area contributed by atoms with Crippen molar-refractivity contribution in [3.05, 3.63) is 46.4 Å². The molecule has 1 aromatic heterocycles. The quantitative estimate of drug-likeness (QED) is 0.931. The van der Waals surface area contributed by atoms with Crippen molar-refractivity contribution in [3.8, 4) is 0 Å². The van der Waals surface area contributed by atoms with Crippen LogP contribution in [0.4, 0.5) is 5.13 Å². The van der Waals surface area contributed by atoms with Crippen molar-refractivity contribution in [2.24, 2.45) is 0 Å². The van der Waals surface area contributed by atoms with Gasteiger partial charge in [0.05, 0.1) is 5.41 Å². The number of carbonyl (C=O) groups is 1. The molecular formula is C13H13ClN2OS. The summed E-state index contributed by atoms with van der Waals surface area (Å²) in [4.78, 5) is 16.3. The molecular weight excluding hydrogens is 268 g/mol. The van der Waals surface area contributed by atoms with Gasteiger partial charge in [0, 0.05) is 16.6 Å². The zero-order valence-electron chi connectivity index (χ0n) is 10.1. The Kier molecular flexibility index (Phi) is 3.68. The molecule has 0 spiro atoms. The standard InChI is InChI=1S/C13H13ClN2OS/c1-13(2,9-3-5-10(14)6-4-9)11(17)16-12-15-7-8-18-12/h3-8H,1-2H3,(H,15,16,17). The zero-order chi connectivity index (χ0) is 13.2. The lowest BCUT2D eigenvalue weighted by Crippen LogP contribution is -2.34. The van der Waals surface area contributed by atoms with Crippen LogP contribution >= 0.6 is 22.9 Å². The van der Waals surface area contributed by atoms with E-state index < -0.39 is 5.41 Å². The second-order valence-corrected chi connectivity index (χ2v) is 5.75. The van der Waals surface area contributed by atoms with Crippen LogP contribution in [-0.4, -0.2) is 10.9 Å². The van der Waals surface area contributed by atoms with E-state index in [1.165, 1.54) is 11.3 Å². The Morgan fingerprint density at radius 3 is 2.56 bits per heavy atom. The fourth-order valence-electron chi connectivity index (χ4n) is 1.54. The summed E-state index contributed by atoms with van der Waals surface area (Å²) in [6.45, 7) is 3.75. The zero-order valence-corrected chi connectivity index (χ0v) is 11.7. The van der Waals surface area contributed by atoms with Crippen LogP contribution in [0.2, 0.25) is 5.02 Å². The first-order valence-corrected chi connectivity index (χ1v) is 6.73. The number of rotatable bonds is 3. The second-order valence-electron chi connectivity index (χ2n) is 4.42. The smallest absolute Gasteiger partial charge is 0.236 e. The molecule has 1 heterocycles. The lowest BCUT2D eigenvalue weighted by molar-refractivity contribution is -0.120. The van der Waals surface area contributed by atoms with Gasteiger partial charge in [0.25, 0.3) is 0 Å². The molecule has 1 aromatic carbocycles. The number of hydrogen-bond acceptors (Lipinski definition) is 3. The van der Waals surface area contributed by atoms with E-state index in [0.717, 1.165) is 5.56 Å². The average molecular weight is 281 g/mol. The number of aromatic nitrogens is 1. The number of benzene rings is 1. The Labute approximate surface area is 115 Å². The van der Waals surface area contributed by atoms with Crippen molar-refractivity contribution in [3.63, 3.8) is 0 Å². The average Bonchev–Trinajstić information content (AvgIpc) is 2.82. The molecule has 0 aliphatic carbocycles. The minimum atomic E-state index is -0.629. The van der Waals surface area contributed by atoms with Gasteiger partial charge in [-0.15, -0.1) is 11.3 Å². The highest BCUT2D eigenvalue weighted by Crippen LogP contribution is 2.26. The van der Waals surface area contributed by atoms with Gasteiger partial charge >= 0.3 is 0 Å². The largest absolute Gasteiger partial charge is 0.301 e. The van der Waals surface area contributed by atoms with E-state index in [1.807, 2.05) is 31.4 Å². The number of amides is 1. The number of thiazole rings is 1. The molecule has 0 bridgehead atoms. The van der Waals surface area contributed by atoms with Crippen LogP contribution in [0.3, 0.4) is 0 Å². The Morgan fingerprint density at radius 1 is 1.33 bits per heavy atom. The first-order valence-electron chi connectivity index (χ1n) is 5.47. The molecule has 2 aromatic rings. The van der Waals surface area contributed by atoms with E-state index >= 15 is 0 Å². The lowest BCUT2D eigenvalue weighted by atomic mass is 9.84. The van der Waals surface area contributed by atoms with Gasteiger partial charge in [0.2, 0.25) is 5.91 Å². The number of halogens is 1. The van der Waals surface area contributed by atoms with Crippen LogP contribution < -0.4 is 5.32 Å². The van der Waals surface area contributed by atoms with Gasteiger partial charge in [-0.05, 0) is 31.5 Å². The molecule has 0 saturated carbocycles. The molecule has 1 N–H and O–H groups in total. The van der Waals surface area contributed by atoms with Gasteiger partial charge in [0.1, 0.15) is 0 Å². The molecule has 1 amide bonds. The summed E-state index contributed by atoms with van der Waals surface area (Å²) < 4.78 is 0. The summed E-state index contributed by atoms with van der Waals surface area (Å²) in [5.41, 5.74) is 0.289. The van der Waals surface area contributed by atoms with Crippen LogP contribution in [0.15, 0.2) is 35.8 Å².